The Balaban J connectivity index is 1.72. The third-order valence-corrected chi connectivity index (χ3v) is 4.95. The van der Waals surface area contributed by atoms with Crippen molar-refractivity contribution < 1.29 is 14.6 Å². The van der Waals surface area contributed by atoms with Crippen molar-refractivity contribution >= 4 is 22.7 Å². The molecule has 0 saturated heterocycles. The molecule has 28 heavy (non-hydrogen) atoms. The van der Waals surface area contributed by atoms with Crippen LogP contribution in [0.25, 0.3) is 16.9 Å². The molecule has 0 amide bonds. The van der Waals surface area contributed by atoms with Crippen LogP contribution in [-0.2, 0) is 0 Å². The Kier molecular flexibility index (Phi) is 4.85. The molecule has 1 saturated carbocycles. The molecule has 0 bridgehead atoms. The monoisotopic (exact) mass is 381 g/mol. The number of carbonyl (C=O) groups is 1. The highest BCUT2D eigenvalue weighted by Gasteiger charge is 2.17. The molecule has 0 radical (unpaired) electrons. The van der Waals surface area contributed by atoms with Crippen LogP contribution in [0.5, 0.6) is 5.75 Å². The Hall–Kier alpha value is -3.16. The van der Waals surface area contributed by atoms with Crippen LogP contribution in [0.1, 0.15) is 42.5 Å². The molecule has 1 aromatic carbocycles. The largest absolute Gasteiger partial charge is 0.490 e. The van der Waals surface area contributed by atoms with Crippen LogP contribution < -0.4 is 9.64 Å². The van der Waals surface area contributed by atoms with Crippen molar-refractivity contribution in [1.82, 2.24) is 19.7 Å². The third kappa shape index (κ3) is 3.62. The van der Waals surface area contributed by atoms with Crippen LogP contribution in [0.15, 0.2) is 30.6 Å². The van der Waals surface area contributed by atoms with E-state index in [-0.39, 0.29) is 11.7 Å². The lowest BCUT2D eigenvalue weighted by atomic mass is 9.98. The molecular weight excluding hydrogens is 358 g/mol. The van der Waals surface area contributed by atoms with E-state index in [1.807, 2.05) is 37.2 Å². The first-order valence-electron chi connectivity index (χ1n) is 9.45. The Bertz CT molecular complexity index is 1010. The van der Waals surface area contributed by atoms with Crippen LogP contribution in [0.3, 0.4) is 0 Å². The van der Waals surface area contributed by atoms with Crippen molar-refractivity contribution in [1.29, 1.82) is 0 Å². The number of aromatic carboxylic acids is 1. The second-order valence-electron chi connectivity index (χ2n) is 7.28. The molecule has 3 aromatic rings. The van der Waals surface area contributed by atoms with Gasteiger partial charge in [0.15, 0.2) is 0 Å². The summed E-state index contributed by atoms with van der Waals surface area (Å²) >= 11 is 0. The number of hydrogen-bond acceptors (Lipinski definition) is 6. The number of carboxylic acids is 1. The number of ether oxygens (including phenoxy) is 1. The summed E-state index contributed by atoms with van der Waals surface area (Å²) in [6.45, 7) is 0. The second-order valence-corrected chi connectivity index (χ2v) is 7.28. The molecule has 2 heterocycles. The smallest absolute Gasteiger partial charge is 0.338 e. The van der Waals surface area contributed by atoms with Crippen molar-refractivity contribution in [2.45, 2.75) is 38.2 Å². The molecule has 1 aliphatic carbocycles. The van der Waals surface area contributed by atoms with Crippen molar-refractivity contribution in [3.05, 3.63) is 36.2 Å². The van der Waals surface area contributed by atoms with Crippen molar-refractivity contribution in [3.8, 4) is 11.7 Å². The fraction of sp³-hybridized carbons (Fsp3) is 0.400. The minimum absolute atomic E-state index is 0.0892. The summed E-state index contributed by atoms with van der Waals surface area (Å²) in [4.78, 5) is 22.2. The standard InChI is InChI=1S/C20H23N5O3/c1-24(2)18-16-10-15(28-14-6-4-3-5-7-14)8-9-17(16)22-20(23-18)25-12-13(11-21-25)19(26)27/h8-12,14H,3-7H2,1-2H3,(H,26,27). The molecule has 146 valence electrons. The highest BCUT2D eigenvalue weighted by atomic mass is 16.5. The van der Waals surface area contributed by atoms with Crippen molar-refractivity contribution in [2.24, 2.45) is 0 Å². The molecule has 4 rings (SSSR count). The molecule has 2 aromatic heterocycles. The number of hydrogen-bond donors (Lipinski definition) is 1. The molecule has 1 aliphatic rings. The van der Waals surface area contributed by atoms with E-state index in [0.717, 1.165) is 35.3 Å². The number of nitrogens with zero attached hydrogens (tertiary/aromatic N) is 5. The van der Waals surface area contributed by atoms with Crippen LogP contribution in [-0.4, -0.2) is 51.0 Å². The summed E-state index contributed by atoms with van der Waals surface area (Å²) in [5.74, 6) is 0.835. The Labute approximate surface area is 162 Å². The minimum atomic E-state index is -1.04. The third-order valence-electron chi connectivity index (χ3n) is 4.95. The predicted molar refractivity (Wildman–Crippen MR) is 105 cm³/mol. The van der Waals surface area contributed by atoms with E-state index in [2.05, 4.69) is 15.1 Å². The van der Waals surface area contributed by atoms with Crippen LogP contribution in [0.2, 0.25) is 0 Å². The van der Waals surface area contributed by atoms with E-state index in [1.54, 1.807) is 0 Å². The summed E-state index contributed by atoms with van der Waals surface area (Å²) in [5.41, 5.74) is 0.836. The maximum Gasteiger partial charge on any atom is 0.338 e. The molecule has 0 spiro atoms. The van der Waals surface area contributed by atoms with Gasteiger partial charge in [0.1, 0.15) is 11.6 Å². The van der Waals surface area contributed by atoms with Gasteiger partial charge in [0, 0.05) is 25.7 Å². The Morgan fingerprint density at radius 1 is 1.21 bits per heavy atom. The zero-order valence-corrected chi connectivity index (χ0v) is 16.0. The molecule has 0 unspecified atom stereocenters. The fourth-order valence-electron chi connectivity index (χ4n) is 3.51. The number of fused-ring (bicyclic) bond motifs is 1. The van der Waals surface area contributed by atoms with E-state index in [4.69, 9.17) is 9.84 Å². The number of benzene rings is 1. The SMILES string of the molecule is CN(C)c1nc(-n2cc(C(=O)O)cn2)nc2ccc(OC3CCCCC3)cc12. The molecule has 1 fully saturated rings. The van der Waals surface area contributed by atoms with Gasteiger partial charge >= 0.3 is 5.97 Å². The molecule has 8 heteroatoms. The number of carboxylic acid groups (broad SMARTS) is 1. The first-order valence-corrected chi connectivity index (χ1v) is 9.45. The lowest BCUT2D eigenvalue weighted by Gasteiger charge is -2.23. The van der Waals surface area contributed by atoms with E-state index >= 15 is 0 Å². The van der Waals surface area contributed by atoms with Gasteiger partial charge in [0.05, 0.1) is 23.4 Å². The summed E-state index contributed by atoms with van der Waals surface area (Å²) in [6.07, 6.45) is 8.88. The van der Waals surface area contributed by atoms with Gasteiger partial charge in [0.25, 0.3) is 5.95 Å². The summed E-state index contributed by atoms with van der Waals surface area (Å²) in [7, 11) is 3.82. The van der Waals surface area contributed by atoms with Gasteiger partial charge in [-0.25, -0.2) is 14.5 Å². The maximum atomic E-state index is 11.1. The average molecular weight is 381 g/mol. The quantitative estimate of drug-likeness (QED) is 0.725. The first kappa shape index (κ1) is 18.2. The van der Waals surface area contributed by atoms with Crippen molar-refractivity contribution in [3.63, 3.8) is 0 Å². The van der Waals surface area contributed by atoms with Gasteiger partial charge in [-0.15, -0.1) is 0 Å². The first-order chi connectivity index (χ1) is 13.5. The zero-order valence-electron chi connectivity index (χ0n) is 16.0. The van der Waals surface area contributed by atoms with E-state index in [9.17, 15) is 4.79 Å². The molecule has 0 atom stereocenters. The molecule has 1 N–H and O–H groups in total. The Morgan fingerprint density at radius 3 is 2.68 bits per heavy atom. The average Bonchev–Trinajstić information content (AvgIpc) is 3.18. The number of anilines is 1. The highest BCUT2D eigenvalue weighted by molar-refractivity contribution is 5.91. The minimum Gasteiger partial charge on any atom is -0.490 e. The van der Waals surface area contributed by atoms with Gasteiger partial charge in [0.2, 0.25) is 0 Å². The van der Waals surface area contributed by atoms with Gasteiger partial charge in [-0.3, -0.25) is 0 Å². The highest BCUT2D eigenvalue weighted by Crippen LogP contribution is 2.30. The van der Waals surface area contributed by atoms with Crippen molar-refractivity contribution in [2.75, 3.05) is 19.0 Å². The van der Waals surface area contributed by atoms with Gasteiger partial charge in [-0.2, -0.15) is 10.1 Å². The lowest BCUT2D eigenvalue weighted by Crippen LogP contribution is -2.19. The van der Waals surface area contributed by atoms with E-state index in [1.165, 1.54) is 36.3 Å². The van der Waals surface area contributed by atoms with E-state index < -0.39 is 5.97 Å². The lowest BCUT2D eigenvalue weighted by molar-refractivity contribution is 0.0697. The molecule has 0 aliphatic heterocycles. The summed E-state index contributed by atoms with van der Waals surface area (Å²) in [5, 5.41) is 14.1. The number of rotatable bonds is 5. The van der Waals surface area contributed by atoms with Crippen LogP contribution >= 0.6 is 0 Å². The molecular formula is C20H23N5O3. The van der Waals surface area contributed by atoms with Crippen LogP contribution in [0.4, 0.5) is 5.82 Å². The fourth-order valence-corrected chi connectivity index (χ4v) is 3.51. The maximum absolute atomic E-state index is 11.1. The van der Waals surface area contributed by atoms with Gasteiger partial charge in [-0.1, -0.05) is 6.42 Å². The topological polar surface area (TPSA) is 93.4 Å². The molecule has 8 nitrogen and oxygen atoms in total. The predicted octanol–water partition coefficient (Wildman–Crippen LogP) is 3.29. The normalized spacial score (nSPS) is 14.9. The summed E-state index contributed by atoms with van der Waals surface area (Å²) < 4.78 is 7.56. The van der Waals surface area contributed by atoms with E-state index in [0.29, 0.717) is 5.95 Å². The zero-order chi connectivity index (χ0) is 19.7. The summed E-state index contributed by atoms with van der Waals surface area (Å²) in [6, 6.07) is 5.82. The van der Waals surface area contributed by atoms with Gasteiger partial charge < -0.3 is 14.7 Å². The number of aromatic nitrogens is 4. The Morgan fingerprint density at radius 2 is 2.00 bits per heavy atom. The van der Waals surface area contributed by atoms with Gasteiger partial charge in [-0.05, 0) is 43.9 Å². The van der Waals surface area contributed by atoms with Crippen LogP contribution in [0, 0.1) is 0 Å². The second kappa shape index (κ2) is 7.46.